The van der Waals surface area contributed by atoms with E-state index in [0.29, 0.717) is 41.8 Å². The maximum atomic E-state index is 12.9. The van der Waals surface area contributed by atoms with Crippen LogP contribution in [0.1, 0.15) is 32.6 Å². The van der Waals surface area contributed by atoms with Crippen molar-refractivity contribution in [2.45, 2.75) is 45.2 Å². The lowest BCUT2D eigenvalue weighted by atomic mass is 10.0. The highest BCUT2D eigenvalue weighted by molar-refractivity contribution is 6.35. The molecule has 1 atom stereocenters. The molecule has 1 aliphatic heterocycles. The first-order valence-electron chi connectivity index (χ1n) is 11.4. The number of halogens is 1. The second-order valence-corrected chi connectivity index (χ2v) is 8.97. The molecule has 0 radical (unpaired) electrons. The van der Waals surface area contributed by atoms with Gasteiger partial charge in [0.2, 0.25) is 5.95 Å². The highest BCUT2D eigenvalue weighted by atomic mass is 35.5. The minimum atomic E-state index is -0.203. The average Bonchev–Trinajstić information content (AvgIpc) is 3.43. The first-order valence-corrected chi connectivity index (χ1v) is 11.8. The number of H-pyrrole nitrogens is 1. The second kappa shape index (κ2) is 9.30. The van der Waals surface area contributed by atoms with Crippen LogP contribution in [-0.4, -0.2) is 59.9 Å². The van der Waals surface area contributed by atoms with Crippen molar-refractivity contribution in [2.24, 2.45) is 5.92 Å². The molecule has 1 saturated carbocycles. The number of allylic oxidation sites excluding steroid dienone is 1. The molecule has 0 spiro atoms. The minimum absolute atomic E-state index is 0.0571. The summed E-state index contributed by atoms with van der Waals surface area (Å²) in [5.41, 5.74) is 1.50. The number of piperidine rings is 1. The van der Waals surface area contributed by atoms with Gasteiger partial charge in [-0.3, -0.25) is 14.6 Å². The van der Waals surface area contributed by atoms with Crippen LogP contribution in [0.3, 0.4) is 0 Å². The van der Waals surface area contributed by atoms with E-state index in [0.717, 1.165) is 37.9 Å². The fourth-order valence-electron chi connectivity index (χ4n) is 4.08. The third-order valence-corrected chi connectivity index (χ3v) is 6.29. The number of nitriles is 1. The van der Waals surface area contributed by atoms with Gasteiger partial charge in [0.25, 0.3) is 5.91 Å². The monoisotopic (exact) mass is 480 g/mol. The molecule has 0 bridgehead atoms. The molecule has 2 aliphatic rings. The van der Waals surface area contributed by atoms with Crippen molar-refractivity contribution in [3.05, 3.63) is 29.2 Å². The number of nitrogens with zero attached hydrogens (tertiary/aromatic N) is 7. The van der Waals surface area contributed by atoms with Crippen LogP contribution in [0.25, 0.3) is 11.0 Å². The Bertz CT molecular complexity index is 1280. The number of hydrogen-bond donors (Lipinski definition) is 3. The number of fused-ring (bicyclic) bond motifs is 1. The van der Waals surface area contributed by atoms with Crippen molar-refractivity contribution in [2.75, 3.05) is 23.7 Å². The van der Waals surface area contributed by atoms with Gasteiger partial charge in [0.05, 0.1) is 11.9 Å². The first-order chi connectivity index (χ1) is 16.5. The molecule has 0 aromatic carbocycles. The first kappa shape index (κ1) is 22.2. The topological polar surface area (TPSA) is 140 Å². The summed E-state index contributed by atoms with van der Waals surface area (Å²) in [6.07, 6.45) is 9.16. The number of carbonyl (C=O) groups excluding carboxylic acids is 1. The lowest BCUT2D eigenvalue weighted by Gasteiger charge is -2.33. The number of hydrogen-bond acceptors (Lipinski definition) is 8. The molecule has 1 amide bonds. The van der Waals surface area contributed by atoms with Crippen LogP contribution < -0.4 is 10.6 Å². The van der Waals surface area contributed by atoms with E-state index in [1.807, 2.05) is 19.2 Å². The average molecular weight is 481 g/mol. The predicted molar refractivity (Wildman–Crippen MR) is 128 cm³/mol. The molecule has 1 aliphatic carbocycles. The van der Waals surface area contributed by atoms with Crippen molar-refractivity contribution in [1.29, 1.82) is 5.26 Å². The molecule has 0 unspecified atom stereocenters. The molecule has 11 nitrogen and oxygen atoms in total. The van der Waals surface area contributed by atoms with E-state index in [9.17, 15) is 10.1 Å². The zero-order chi connectivity index (χ0) is 23.7. The van der Waals surface area contributed by atoms with Crippen LogP contribution in [0.4, 0.5) is 17.5 Å². The van der Waals surface area contributed by atoms with E-state index in [2.05, 4.69) is 42.0 Å². The van der Waals surface area contributed by atoms with Crippen molar-refractivity contribution < 1.29 is 4.79 Å². The minimum Gasteiger partial charge on any atom is -0.365 e. The number of aryl methyl sites for hydroxylation is 1. The Morgan fingerprint density at radius 2 is 2.24 bits per heavy atom. The normalized spacial score (nSPS) is 18.7. The van der Waals surface area contributed by atoms with Gasteiger partial charge >= 0.3 is 0 Å². The van der Waals surface area contributed by atoms with Crippen LogP contribution in [0.2, 0.25) is 5.15 Å². The summed E-state index contributed by atoms with van der Waals surface area (Å²) in [5.74, 6) is 1.06. The Kier molecular flexibility index (Phi) is 6.06. The third kappa shape index (κ3) is 4.68. The molecule has 4 heterocycles. The zero-order valence-corrected chi connectivity index (χ0v) is 19.5. The molecule has 34 heavy (non-hydrogen) atoms. The van der Waals surface area contributed by atoms with E-state index in [4.69, 9.17) is 11.6 Å². The van der Waals surface area contributed by atoms with Crippen molar-refractivity contribution in [3.63, 3.8) is 0 Å². The van der Waals surface area contributed by atoms with Gasteiger partial charge in [-0.05, 0) is 38.5 Å². The third-order valence-electron chi connectivity index (χ3n) is 6.01. The molecule has 3 aromatic rings. The van der Waals surface area contributed by atoms with E-state index < -0.39 is 0 Å². The fraction of sp³-hybridized carbons (Fsp3) is 0.455. The summed E-state index contributed by atoms with van der Waals surface area (Å²) in [4.78, 5) is 23.8. The Hall–Kier alpha value is -3.65. The van der Waals surface area contributed by atoms with Gasteiger partial charge in [0.1, 0.15) is 22.8 Å². The Morgan fingerprint density at radius 3 is 2.97 bits per heavy atom. The number of rotatable bonds is 7. The molecular weight excluding hydrogens is 456 g/mol. The van der Waals surface area contributed by atoms with Crippen molar-refractivity contribution in [1.82, 2.24) is 34.8 Å². The van der Waals surface area contributed by atoms with Crippen molar-refractivity contribution in [3.8, 4) is 6.07 Å². The van der Waals surface area contributed by atoms with E-state index in [-0.39, 0.29) is 22.7 Å². The van der Waals surface area contributed by atoms with Crippen molar-refractivity contribution >= 4 is 46.0 Å². The summed E-state index contributed by atoms with van der Waals surface area (Å²) >= 11 is 6.32. The maximum absolute atomic E-state index is 12.9. The maximum Gasteiger partial charge on any atom is 0.264 e. The summed E-state index contributed by atoms with van der Waals surface area (Å²) in [7, 11) is 0. The summed E-state index contributed by atoms with van der Waals surface area (Å²) < 4.78 is 1.80. The van der Waals surface area contributed by atoms with Gasteiger partial charge in [0.15, 0.2) is 10.8 Å². The number of nitrogens with one attached hydrogen (secondary N) is 3. The lowest BCUT2D eigenvalue weighted by Crippen LogP contribution is -2.45. The van der Waals surface area contributed by atoms with Gasteiger partial charge in [-0.1, -0.05) is 17.7 Å². The molecule has 12 heteroatoms. The summed E-state index contributed by atoms with van der Waals surface area (Å²) in [6.45, 7) is 3.86. The molecule has 1 saturated heterocycles. The highest BCUT2D eigenvalue weighted by Gasteiger charge is 2.29. The standard InChI is InChI=1S/C22H25ClN10O/c1-2-33-12-16(10-25-33)27-22-28-19(17-18(23)30-31-20(17)29-22)26-15-4-3-7-32(11-15)21(34)14(9-24)8-13-5-6-13/h8,10,12-13,15H,2-7,11H2,1H3,(H3,26,27,28,29,30,31)/b14-8+/t15-/m1/s1. The van der Waals surface area contributed by atoms with Gasteiger partial charge in [-0.25, -0.2) is 0 Å². The smallest absolute Gasteiger partial charge is 0.264 e. The lowest BCUT2D eigenvalue weighted by molar-refractivity contribution is -0.127. The van der Waals surface area contributed by atoms with Crippen LogP contribution in [-0.2, 0) is 11.3 Å². The van der Waals surface area contributed by atoms with E-state index in [1.54, 1.807) is 15.8 Å². The van der Waals surface area contributed by atoms with Crippen LogP contribution in [0.5, 0.6) is 0 Å². The molecule has 5 rings (SSSR count). The van der Waals surface area contributed by atoms with Gasteiger partial charge in [-0.15, -0.1) is 0 Å². The highest BCUT2D eigenvalue weighted by Crippen LogP contribution is 2.32. The summed E-state index contributed by atoms with van der Waals surface area (Å²) in [5, 5.41) is 28.1. The summed E-state index contributed by atoms with van der Waals surface area (Å²) in [6, 6.07) is 2.03. The van der Waals surface area contributed by atoms with Gasteiger partial charge in [0, 0.05) is 31.9 Å². The molecular formula is C22H25ClN10O. The number of amides is 1. The number of carbonyl (C=O) groups is 1. The fourth-order valence-corrected chi connectivity index (χ4v) is 4.30. The SMILES string of the molecule is CCn1cc(Nc2nc(N[C@@H]3CCCN(C(=O)/C(C#N)=C/C4CC4)C3)c3c(Cl)n[nH]c3n2)cn1. The van der Waals surface area contributed by atoms with E-state index >= 15 is 0 Å². The van der Waals surface area contributed by atoms with E-state index in [1.165, 1.54) is 0 Å². The largest absolute Gasteiger partial charge is 0.365 e. The molecule has 3 N–H and O–H groups in total. The van der Waals surface area contributed by atoms with Crippen LogP contribution in [0.15, 0.2) is 24.0 Å². The van der Waals surface area contributed by atoms with Gasteiger partial charge in [-0.2, -0.15) is 25.4 Å². The molecule has 3 aromatic heterocycles. The Labute approximate surface area is 201 Å². The Balaban J connectivity index is 1.36. The number of aromatic nitrogens is 6. The number of anilines is 3. The second-order valence-electron chi connectivity index (χ2n) is 8.61. The molecule has 2 fully saturated rings. The predicted octanol–water partition coefficient (Wildman–Crippen LogP) is 3.23. The Morgan fingerprint density at radius 1 is 1.38 bits per heavy atom. The van der Waals surface area contributed by atoms with Crippen LogP contribution >= 0.6 is 11.6 Å². The number of aromatic amines is 1. The zero-order valence-electron chi connectivity index (χ0n) is 18.8. The number of likely N-dealkylation sites (tertiary alicyclic amines) is 1. The van der Waals surface area contributed by atoms with Gasteiger partial charge < -0.3 is 15.5 Å². The quantitative estimate of drug-likeness (QED) is 0.345. The van der Waals surface area contributed by atoms with Crippen LogP contribution in [0, 0.1) is 17.2 Å². The molecule has 176 valence electrons.